The summed E-state index contributed by atoms with van der Waals surface area (Å²) in [6.45, 7) is 4.35. The largest absolute Gasteiger partial charge is 0.330 e. The van der Waals surface area contributed by atoms with Gasteiger partial charge in [-0.05, 0) is 24.6 Å². The molecule has 0 atom stereocenters. The topological polar surface area (TPSA) is 51.8 Å². The van der Waals surface area contributed by atoms with Crippen molar-refractivity contribution < 1.29 is 0 Å². The van der Waals surface area contributed by atoms with Crippen molar-refractivity contribution in [1.82, 2.24) is 10.2 Å². The van der Waals surface area contributed by atoms with Gasteiger partial charge in [-0.3, -0.25) is 0 Å². The Morgan fingerprint density at radius 3 is 2.77 bits per heavy atom. The van der Waals surface area contributed by atoms with Gasteiger partial charge >= 0.3 is 0 Å². The molecule has 1 aromatic heterocycles. The van der Waals surface area contributed by atoms with E-state index >= 15 is 0 Å². The van der Waals surface area contributed by atoms with Crippen molar-refractivity contribution >= 4 is 28.8 Å². The molecule has 1 heterocycles. The van der Waals surface area contributed by atoms with Gasteiger partial charge in [-0.15, -0.1) is 10.2 Å². The zero-order valence-electron chi connectivity index (χ0n) is 6.93. The molecule has 0 unspecified atom stereocenters. The van der Waals surface area contributed by atoms with E-state index in [1.165, 1.54) is 0 Å². The fraction of sp³-hybridized carbons (Fsp3) is 0.250. The Bertz CT molecular complexity index is 325. The van der Waals surface area contributed by atoms with E-state index in [-0.39, 0.29) is 0 Å². The lowest BCUT2D eigenvalue weighted by molar-refractivity contribution is 0.998. The summed E-state index contributed by atoms with van der Waals surface area (Å²) in [4.78, 5) is 0. The second-order valence-corrected chi connectivity index (χ2v) is 3.26. The van der Waals surface area contributed by atoms with Crippen LogP contribution < -0.4 is 5.73 Å². The first-order valence-electron chi connectivity index (χ1n) is 3.72. The van der Waals surface area contributed by atoms with Crippen LogP contribution in [0.4, 0.5) is 0 Å². The monoisotopic (exact) mass is 217 g/mol. The Morgan fingerprint density at radius 2 is 2.15 bits per heavy atom. The van der Waals surface area contributed by atoms with E-state index in [0.717, 1.165) is 5.57 Å². The van der Waals surface area contributed by atoms with Gasteiger partial charge in [-0.2, -0.15) is 0 Å². The molecule has 5 heteroatoms. The minimum absolute atomic E-state index is 0.303. The van der Waals surface area contributed by atoms with Crippen molar-refractivity contribution in [3.05, 3.63) is 28.5 Å². The highest BCUT2D eigenvalue weighted by Crippen LogP contribution is 2.23. The molecule has 0 saturated heterocycles. The maximum absolute atomic E-state index is 5.79. The van der Waals surface area contributed by atoms with E-state index in [4.69, 9.17) is 28.9 Å². The van der Waals surface area contributed by atoms with E-state index in [9.17, 15) is 0 Å². The Morgan fingerprint density at radius 1 is 1.46 bits per heavy atom. The molecule has 1 rings (SSSR count). The van der Waals surface area contributed by atoms with Crippen LogP contribution in [0, 0.1) is 0 Å². The summed E-state index contributed by atoms with van der Waals surface area (Å²) in [5, 5.41) is 7.87. The van der Waals surface area contributed by atoms with Gasteiger partial charge < -0.3 is 5.73 Å². The highest BCUT2D eigenvalue weighted by Gasteiger charge is 2.06. The van der Waals surface area contributed by atoms with Gasteiger partial charge in [-0.1, -0.05) is 29.8 Å². The maximum atomic E-state index is 5.79. The van der Waals surface area contributed by atoms with Crippen molar-refractivity contribution in [3.8, 4) is 0 Å². The number of halogens is 2. The molecule has 0 saturated carbocycles. The first-order valence-corrected chi connectivity index (χ1v) is 4.47. The highest BCUT2D eigenvalue weighted by molar-refractivity contribution is 6.32. The molecule has 0 aromatic carbocycles. The van der Waals surface area contributed by atoms with Crippen LogP contribution in [0.5, 0.6) is 0 Å². The quantitative estimate of drug-likeness (QED) is 0.845. The number of aromatic nitrogens is 2. The first kappa shape index (κ1) is 10.4. The molecular weight excluding hydrogens is 209 g/mol. The minimum atomic E-state index is 0.303. The van der Waals surface area contributed by atoms with Crippen molar-refractivity contribution in [3.63, 3.8) is 0 Å². The van der Waals surface area contributed by atoms with Crippen LogP contribution in [0.1, 0.15) is 12.0 Å². The van der Waals surface area contributed by atoms with E-state index in [1.54, 1.807) is 6.07 Å². The number of nitrogens with zero attached hydrogens (tertiary/aromatic N) is 2. The number of rotatable bonds is 3. The van der Waals surface area contributed by atoms with Gasteiger partial charge in [-0.25, -0.2) is 0 Å². The number of nitrogens with two attached hydrogens (primary N) is 1. The van der Waals surface area contributed by atoms with E-state index in [0.29, 0.717) is 28.8 Å². The first-order chi connectivity index (χ1) is 6.15. The Balaban J connectivity index is 2.99. The fourth-order valence-corrected chi connectivity index (χ4v) is 1.28. The van der Waals surface area contributed by atoms with Gasteiger partial charge in [0.1, 0.15) is 0 Å². The van der Waals surface area contributed by atoms with Gasteiger partial charge in [0.2, 0.25) is 0 Å². The van der Waals surface area contributed by atoms with E-state index in [2.05, 4.69) is 16.8 Å². The van der Waals surface area contributed by atoms with Gasteiger partial charge in [0.25, 0.3) is 0 Å². The summed E-state index contributed by atoms with van der Waals surface area (Å²) in [6.07, 6.45) is 0.668. The van der Waals surface area contributed by atoms with E-state index in [1.807, 2.05) is 0 Å². The fourth-order valence-electron chi connectivity index (χ4n) is 0.910. The van der Waals surface area contributed by atoms with Crippen molar-refractivity contribution in [2.45, 2.75) is 6.42 Å². The zero-order valence-corrected chi connectivity index (χ0v) is 8.44. The lowest BCUT2D eigenvalue weighted by atomic mass is 10.1. The third-order valence-electron chi connectivity index (χ3n) is 1.55. The predicted octanol–water partition coefficient (Wildman–Crippen LogP) is 2.15. The third kappa shape index (κ3) is 2.66. The van der Waals surface area contributed by atoms with Crippen LogP contribution in [-0.2, 0) is 0 Å². The van der Waals surface area contributed by atoms with Gasteiger partial charge in [0.05, 0.1) is 0 Å². The lowest BCUT2D eigenvalue weighted by Crippen LogP contribution is -2.00. The molecule has 0 amide bonds. The summed E-state index contributed by atoms with van der Waals surface area (Å²) in [6, 6.07) is 1.63. The second-order valence-electron chi connectivity index (χ2n) is 2.51. The number of hydrogen-bond acceptors (Lipinski definition) is 3. The Kier molecular flexibility index (Phi) is 3.66. The minimum Gasteiger partial charge on any atom is -0.330 e. The molecule has 0 fully saturated rings. The predicted molar refractivity (Wildman–Crippen MR) is 54.8 cm³/mol. The lowest BCUT2D eigenvalue weighted by Gasteiger charge is -2.04. The van der Waals surface area contributed by atoms with Crippen LogP contribution in [0.3, 0.4) is 0 Å². The van der Waals surface area contributed by atoms with Crippen molar-refractivity contribution in [2.75, 3.05) is 6.54 Å². The average molecular weight is 218 g/mol. The molecule has 0 radical (unpaired) electrons. The summed E-state index contributed by atoms with van der Waals surface area (Å²) < 4.78 is 0. The zero-order chi connectivity index (χ0) is 9.84. The molecule has 0 spiro atoms. The average Bonchev–Trinajstić information content (AvgIpc) is 2.09. The molecule has 3 nitrogen and oxygen atoms in total. The van der Waals surface area contributed by atoms with Crippen LogP contribution in [0.25, 0.3) is 5.57 Å². The molecule has 0 bridgehead atoms. The Labute approximate surface area is 86.6 Å². The molecule has 0 aliphatic heterocycles. The summed E-state index contributed by atoms with van der Waals surface area (Å²) in [7, 11) is 0. The third-order valence-corrected chi connectivity index (χ3v) is 2.01. The second kappa shape index (κ2) is 4.56. The van der Waals surface area contributed by atoms with Crippen LogP contribution in [-0.4, -0.2) is 16.7 Å². The normalized spacial score (nSPS) is 10.1. The SMILES string of the molecule is C=C(CCN)c1cc(Cl)nnc1Cl. The number of hydrogen-bond donors (Lipinski definition) is 1. The van der Waals surface area contributed by atoms with Crippen LogP contribution in [0.15, 0.2) is 12.6 Å². The molecule has 13 heavy (non-hydrogen) atoms. The molecule has 1 aromatic rings. The van der Waals surface area contributed by atoms with Gasteiger partial charge in [0, 0.05) is 5.56 Å². The standard InChI is InChI=1S/C8H9Cl2N3/c1-5(2-3-11)6-4-7(9)12-13-8(6)10/h4H,1-3,11H2. The van der Waals surface area contributed by atoms with Crippen molar-refractivity contribution in [1.29, 1.82) is 0 Å². The van der Waals surface area contributed by atoms with Crippen LogP contribution >= 0.6 is 23.2 Å². The molecule has 70 valence electrons. The summed E-state index contributed by atoms with van der Waals surface area (Å²) in [5.74, 6) is 0. The molecule has 0 aliphatic carbocycles. The summed E-state index contributed by atoms with van der Waals surface area (Å²) >= 11 is 11.4. The molecule has 2 N–H and O–H groups in total. The smallest absolute Gasteiger partial charge is 0.159 e. The van der Waals surface area contributed by atoms with Gasteiger partial charge in [0.15, 0.2) is 10.3 Å². The van der Waals surface area contributed by atoms with E-state index < -0.39 is 0 Å². The van der Waals surface area contributed by atoms with Crippen molar-refractivity contribution in [2.24, 2.45) is 5.73 Å². The maximum Gasteiger partial charge on any atom is 0.159 e. The Hall–Kier alpha value is -0.640. The van der Waals surface area contributed by atoms with Crippen LogP contribution in [0.2, 0.25) is 10.3 Å². The highest BCUT2D eigenvalue weighted by atomic mass is 35.5. The summed E-state index contributed by atoms with van der Waals surface area (Å²) in [5.41, 5.74) is 6.92. The molecule has 0 aliphatic rings. The molecular formula is C8H9Cl2N3.